The van der Waals surface area contributed by atoms with Crippen molar-refractivity contribution in [1.82, 2.24) is 20.4 Å². The highest BCUT2D eigenvalue weighted by atomic mass is 16.5. The number of carbonyl (C=O) groups is 1. The van der Waals surface area contributed by atoms with Crippen LogP contribution in [0.2, 0.25) is 0 Å². The van der Waals surface area contributed by atoms with E-state index < -0.39 is 0 Å². The van der Waals surface area contributed by atoms with Gasteiger partial charge in [-0.15, -0.1) is 0 Å². The zero-order valence-electron chi connectivity index (χ0n) is 13.2. The van der Waals surface area contributed by atoms with Crippen LogP contribution in [-0.2, 0) is 11.8 Å². The van der Waals surface area contributed by atoms with Crippen molar-refractivity contribution >= 4 is 5.91 Å². The number of nitrogens with zero attached hydrogens (tertiary/aromatic N) is 2. The van der Waals surface area contributed by atoms with Gasteiger partial charge in [-0.25, -0.2) is 0 Å². The van der Waals surface area contributed by atoms with Crippen LogP contribution in [0.4, 0.5) is 0 Å². The molecule has 0 unspecified atom stereocenters. The van der Waals surface area contributed by atoms with Crippen molar-refractivity contribution in [3.63, 3.8) is 0 Å². The van der Waals surface area contributed by atoms with E-state index in [1.165, 1.54) is 0 Å². The molecule has 1 fully saturated rings. The fraction of sp³-hybridized carbons (Fsp3) is 0.412. The highest BCUT2D eigenvalue weighted by Gasteiger charge is 2.21. The number of hydrogen-bond donors (Lipinski definition) is 2. The Bertz CT molecular complexity index is 662. The highest BCUT2D eigenvalue weighted by Crippen LogP contribution is 2.22. The van der Waals surface area contributed by atoms with E-state index in [0.29, 0.717) is 13.2 Å². The summed E-state index contributed by atoms with van der Waals surface area (Å²) in [6, 6.07) is 8.67. The summed E-state index contributed by atoms with van der Waals surface area (Å²) in [6.45, 7) is 1.85. The van der Waals surface area contributed by atoms with Crippen LogP contribution in [0, 0.1) is 6.07 Å². The molecule has 1 aromatic carbocycles. The largest absolute Gasteiger partial charge is 0.492 e. The fourth-order valence-electron chi connectivity index (χ4n) is 2.65. The molecule has 1 aromatic heterocycles. The monoisotopic (exact) mass is 313 g/mol. The molecule has 2 aromatic rings. The lowest BCUT2D eigenvalue weighted by Gasteiger charge is -2.12. The molecule has 0 saturated carbocycles. The quantitative estimate of drug-likeness (QED) is 0.785. The summed E-state index contributed by atoms with van der Waals surface area (Å²) in [4.78, 5) is 11.9. The Balaban J connectivity index is 1.48. The molecule has 1 radical (unpaired) electrons. The number of nitrogens with one attached hydrogen (secondary N) is 2. The highest BCUT2D eigenvalue weighted by molar-refractivity contribution is 5.81. The van der Waals surface area contributed by atoms with Crippen molar-refractivity contribution in [2.24, 2.45) is 7.05 Å². The first-order valence-corrected chi connectivity index (χ1v) is 7.86. The molecule has 23 heavy (non-hydrogen) atoms. The summed E-state index contributed by atoms with van der Waals surface area (Å²) in [5.74, 6) is 0.793. The minimum atomic E-state index is -0.0442. The predicted octanol–water partition coefficient (Wildman–Crippen LogP) is 1.13. The average Bonchev–Trinajstić information content (AvgIpc) is 3.23. The van der Waals surface area contributed by atoms with Gasteiger partial charge in [-0.2, -0.15) is 5.10 Å². The number of aromatic nitrogens is 2. The van der Waals surface area contributed by atoms with Crippen molar-refractivity contribution < 1.29 is 9.53 Å². The van der Waals surface area contributed by atoms with Gasteiger partial charge in [0.05, 0.1) is 18.8 Å². The summed E-state index contributed by atoms with van der Waals surface area (Å²) in [5.41, 5.74) is 2.03. The third-order valence-corrected chi connectivity index (χ3v) is 3.85. The molecule has 0 bridgehead atoms. The van der Waals surface area contributed by atoms with Gasteiger partial charge in [0.1, 0.15) is 12.4 Å². The van der Waals surface area contributed by atoms with Gasteiger partial charge in [-0.1, -0.05) is 0 Å². The Morgan fingerprint density at radius 3 is 3.17 bits per heavy atom. The van der Waals surface area contributed by atoms with Gasteiger partial charge in [0.2, 0.25) is 5.91 Å². The summed E-state index contributed by atoms with van der Waals surface area (Å²) in [6.07, 6.45) is 5.73. The lowest BCUT2D eigenvalue weighted by atomic mass is 10.1. The number of amides is 1. The zero-order chi connectivity index (χ0) is 16.1. The van der Waals surface area contributed by atoms with E-state index in [2.05, 4.69) is 21.8 Å². The van der Waals surface area contributed by atoms with Gasteiger partial charge in [0, 0.05) is 18.8 Å². The molecule has 121 valence electrons. The van der Waals surface area contributed by atoms with E-state index in [9.17, 15) is 4.79 Å². The Labute approximate surface area is 135 Å². The second kappa shape index (κ2) is 7.28. The Kier molecular flexibility index (Phi) is 4.92. The number of hydrogen-bond acceptors (Lipinski definition) is 4. The molecule has 1 amide bonds. The van der Waals surface area contributed by atoms with Crippen LogP contribution in [0.3, 0.4) is 0 Å². The third-order valence-electron chi connectivity index (χ3n) is 3.85. The molecule has 6 nitrogen and oxygen atoms in total. The smallest absolute Gasteiger partial charge is 0.237 e. The van der Waals surface area contributed by atoms with Gasteiger partial charge < -0.3 is 15.4 Å². The van der Waals surface area contributed by atoms with Gasteiger partial charge in [0.15, 0.2) is 0 Å². The number of aryl methyl sites for hydroxylation is 1. The van der Waals surface area contributed by atoms with Crippen molar-refractivity contribution in [3.05, 3.63) is 36.7 Å². The Morgan fingerprint density at radius 2 is 2.43 bits per heavy atom. The maximum atomic E-state index is 11.9. The van der Waals surface area contributed by atoms with E-state index in [1.807, 2.05) is 31.6 Å². The molecule has 6 heteroatoms. The topological polar surface area (TPSA) is 68.2 Å². The van der Waals surface area contributed by atoms with Crippen molar-refractivity contribution in [2.45, 2.75) is 18.9 Å². The Morgan fingerprint density at radius 1 is 1.52 bits per heavy atom. The second-order valence-electron chi connectivity index (χ2n) is 5.65. The van der Waals surface area contributed by atoms with E-state index >= 15 is 0 Å². The van der Waals surface area contributed by atoms with Crippen molar-refractivity contribution in [1.29, 1.82) is 0 Å². The maximum Gasteiger partial charge on any atom is 0.237 e. The van der Waals surface area contributed by atoms with Crippen LogP contribution in [0.15, 0.2) is 30.6 Å². The molecule has 2 N–H and O–H groups in total. The number of carbonyl (C=O) groups excluding carboxylic acids is 1. The molecule has 1 saturated heterocycles. The van der Waals surface area contributed by atoms with Gasteiger partial charge in [-0.3, -0.25) is 9.48 Å². The van der Waals surface area contributed by atoms with Crippen LogP contribution in [0.1, 0.15) is 12.8 Å². The van der Waals surface area contributed by atoms with Crippen LogP contribution < -0.4 is 15.4 Å². The molecular weight excluding hydrogens is 292 g/mol. The lowest BCUT2D eigenvalue weighted by molar-refractivity contribution is -0.122. The van der Waals surface area contributed by atoms with E-state index in [0.717, 1.165) is 36.3 Å². The first-order valence-electron chi connectivity index (χ1n) is 7.86. The molecule has 3 rings (SSSR count). The maximum absolute atomic E-state index is 11.9. The van der Waals surface area contributed by atoms with Gasteiger partial charge in [-0.05, 0) is 49.2 Å². The summed E-state index contributed by atoms with van der Waals surface area (Å²) >= 11 is 0. The number of benzene rings is 1. The van der Waals surface area contributed by atoms with Crippen molar-refractivity contribution in [2.75, 3.05) is 19.7 Å². The molecule has 1 atom stereocenters. The van der Waals surface area contributed by atoms with Crippen LogP contribution in [0.5, 0.6) is 5.75 Å². The molecular formula is C17H21N4O2. The van der Waals surface area contributed by atoms with Crippen LogP contribution in [-0.4, -0.2) is 41.4 Å². The van der Waals surface area contributed by atoms with E-state index in [4.69, 9.17) is 4.74 Å². The molecule has 1 aliphatic rings. The van der Waals surface area contributed by atoms with Gasteiger partial charge >= 0.3 is 0 Å². The van der Waals surface area contributed by atoms with E-state index in [1.54, 1.807) is 10.7 Å². The summed E-state index contributed by atoms with van der Waals surface area (Å²) < 4.78 is 7.45. The van der Waals surface area contributed by atoms with E-state index in [-0.39, 0.29) is 11.9 Å². The summed E-state index contributed by atoms with van der Waals surface area (Å²) in [5, 5.41) is 10.2. The molecule has 1 aliphatic heterocycles. The minimum absolute atomic E-state index is 0.0442. The first-order chi connectivity index (χ1) is 11.2. The van der Waals surface area contributed by atoms with Crippen LogP contribution >= 0.6 is 0 Å². The van der Waals surface area contributed by atoms with Crippen molar-refractivity contribution in [3.8, 4) is 16.9 Å². The summed E-state index contributed by atoms with van der Waals surface area (Å²) in [7, 11) is 1.88. The number of rotatable bonds is 6. The lowest BCUT2D eigenvalue weighted by Crippen LogP contribution is -2.41. The van der Waals surface area contributed by atoms with Crippen LogP contribution in [0.25, 0.3) is 11.1 Å². The minimum Gasteiger partial charge on any atom is -0.492 e. The average molecular weight is 313 g/mol. The zero-order valence-corrected chi connectivity index (χ0v) is 13.2. The fourth-order valence-corrected chi connectivity index (χ4v) is 2.65. The third kappa shape index (κ3) is 4.10. The number of ether oxygens (including phenoxy) is 1. The Hall–Kier alpha value is -2.34. The molecule has 0 spiro atoms. The predicted molar refractivity (Wildman–Crippen MR) is 87.0 cm³/mol. The molecule has 0 aliphatic carbocycles. The first kappa shape index (κ1) is 15.6. The SMILES string of the molecule is Cn1cc(-c2c[c]cc(OCCNC(=O)[C@H]3CCCN3)c2)cn1. The second-order valence-corrected chi connectivity index (χ2v) is 5.65. The standard InChI is InChI=1S/C17H21N4O2/c1-21-12-14(11-20-21)13-4-2-5-15(10-13)23-9-8-19-17(22)16-6-3-7-18-16/h4-5,10-12,16,18H,3,6-9H2,1H3,(H,19,22)/t16-/m1/s1. The van der Waals surface area contributed by atoms with Gasteiger partial charge in [0.25, 0.3) is 0 Å². The molecule has 2 heterocycles. The normalized spacial score (nSPS) is 17.2.